The van der Waals surface area contributed by atoms with Crippen LogP contribution in [0.4, 0.5) is 0 Å². The van der Waals surface area contributed by atoms with Gasteiger partial charge in [0.1, 0.15) is 12.0 Å². The second kappa shape index (κ2) is 12.5. The molecule has 0 bridgehead atoms. The molecule has 3 nitrogen and oxygen atoms in total. The van der Waals surface area contributed by atoms with E-state index in [1.807, 2.05) is 24.3 Å². The fraction of sp³-hybridized carbons (Fsp3) is 0.0204. The maximum Gasteiger partial charge on any atom is 0.159 e. The van der Waals surface area contributed by atoms with Gasteiger partial charge in [0, 0.05) is 16.7 Å². The van der Waals surface area contributed by atoms with E-state index in [1.54, 1.807) is 0 Å². The number of hydrogen-bond acceptors (Lipinski definition) is 3. The van der Waals surface area contributed by atoms with E-state index in [4.69, 9.17) is 9.98 Å². The van der Waals surface area contributed by atoms with Crippen LogP contribution in [0.1, 0.15) is 22.9 Å². The van der Waals surface area contributed by atoms with E-state index in [2.05, 4.69) is 169 Å². The lowest BCUT2D eigenvalue weighted by molar-refractivity contribution is 0.674. The minimum Gasteiger partial charge on any atom is -0.344 e. The van der Waals surface area contributed by atoms with Crippen molar-refractivity contribution in [2.24, 2.45) is 9.98 Å². The summed E-state index contributed by atoms with van der Waals surface area (Å²) in [5.41, 5.74) is 7.75. The van der Waals surface area contributed by atoms with Crippen molar-refractivity contribution in [2.75, 3.05) is 0 Å². The summed E-state index contributed by atoms with van der Waals surface area (Å²) in [6.45, 7) is 0. The van der Waals surface area contributed by atoms with Gasteiger partial charge in [0.15, 0.2) is 5.84 Å². The molecule has 0 fully saturated rings. The molecule has 0 aromatic heterocycles. The number of rotatable bonds is 5. The van der Waals surface area contributed by atoms with Crippen molar-refractivity contribution < 1.29 is 0 Å². The molecule has 0 aliphatic carbocycles. The zero-order valence-electron chi connectivity index (χ0n) is 28.4. The molecule has 1 atom stereocenters. The number of nitrogens with one attached hydrogen (secondary N) is 1. The topological polar surface area (TPSA) is 36.8 Å². The molecular formula is C49H33N3. The summed E-state index contributed by atoms with van der Waals surface area (Å²) in [5.74, 6) is 1.52. The summed E-state index contributed by atoms with van der Waals surface area (Å²) >= 11 is 0. The maximum absolute atomic E-state index is 5.22. The SMILES string of the molecule is c1ccc(C2=NC(c3ccccc3)NC(c3ccc4ccccc4c3-c3cccc(-c4ccc5c6ccccc6c6ccccc6c5c4)c3)=N2)cc1. The average molecular weight is 664 g/mol. The molecule has 1 aliphatic heterocycles. The first-order valence-electron chi connectivity index (χ1n) is 17.8. The Balaban J connectivity index is 1.15. The molecule has 1 aliphatic rings. The third kappa shape index (κ3) is 5.14. The number of benzene rings is 9. The summed E-state index contributed by atoms with van der Waals surface area (Å²) < 4.78 is 0. The molecule has 0 saturated carbocycles. The Bertz CT molecular complexity index is 2840. The summed E-state index contributed by atoms with van der Waals surface area (Å²) in [4.78, 5) is 10.3. The third-order valence-corrected chi connectivity index (χ3v) is 10.3. The number of nitrogens with zero attached hydrogens (tertiary/aromatic N) is 2. The standard InChI is InChI=1S/C49H33N3/c1-3-15-33(16-4-1)47-50-48(34-17-5-2-6-18-34)52-49(51-47)44-29-26-32-14-7-8-21-38(32)46(44)37-20-13-19-35(30-37)36-27-28-43-41-24-10-9-22-39(41)40-23-11-12-25-42(40)45(43)31-36/h1-31,47H,(H,50,51,52). The van der Waals surface area contributed by atoms with Crippen molar-refractivity contribution in [3.05, 3.63) is 205 Å². The smallest absolute Gasteiger partial charge is 0.159 e. The van der Waals surface area contributed by atoms with E-state index in [0.29, 0.717) is 5.84 Å². The summed E-state index contributed by atoms with van der Waals surface area (Å²) in [6, 6.07) is 67.1. The monoisotopic (exact) mass is 663 g/mol. The maximum atomic E-state index is 5.22. The first-order valence-corrected chi connectivity index (χ1v) is 17.8. The minimum absolute atomic E-state index is 0.280. The number of amidine groups is 2. The normalized spacial score (nSPS) is 14.3. The molecule has 3 heteroatoms. The fourth-order valence-corrected chi connectivity index (χ4v) is 7.83. The van der Waals surface area contributed by atoms with E-state index in [0.717, 1.165) is 33.7 Å². The Hall–Kier alpha value is -6.84. The van der Waals surface area contributed by atoms with Crippen LogP contribution in [-0.2, 0) is 0 Å². The van der Waals surface area contributed by atoms with Crippen LogP contribution in [0.2, 0.25) is 0 Å². The van der Waals surface area contributed by atoms with Crippen LogP contribution in [-0.4, -0.2) is 11.7 Å². The first kappa shape index (κ1) is 30.0. The van der Waals surface area contributed by atoms with Crippen molar-refractivity contribution in [1.29, 1.82) is 0 Å². The molecule has 1 unspecified atom stereocenters. The van der Waals surface area contributed by atoms with E-state index < -0.39 is 0 Å². The van der Waals surface area contributed by atoms with E-state index in [1.165, 1.54) is 54.2 Å². The number of fused-ring (bicyclic) bond motifs is 7. The fourth-order valence-electron chi connectivity index (χ4n) is 7.83. The van der Waals surface area contributed by atoms with Crippen molar-refractivity contribution in [2.45, 2.75) is 6.17 Å². The van der Waals surface area contributed by atoms with Gasteiger partial charge in [-0.25, -0.2) is 9.98 Å². The molecule has 1 N–H and O–H groups in total. The Morgan fingerprint density at radius 2 is 0.942 bits per heavy atom. The zero-order valence-corrected chi connectivity index (χ0v) is 28.4. The molecule has 1 heterocycles. The molecule has 0 radical (unpaired) electrons. The molecule has 9 aromatic carbocycles. The first-order chi connectivity index (χ1) is 25.8. The lowest BCUT2D eigenvalue weighted by Crippen LogP contribution is -2.34. The van der Waals surface area contributed by atoms with Gasteiger partial charge in [0.05, 0.1) is 0 Å². The van der Waals surface area contributed by atoms with Crippen LogP contribution >= 0.6 is 0 Å². The lowest BCUT2D eigenvalue weighted by Gasteiger charge is -2.25. The largest absolute Gasteiger partial charge is 0.344 e. The highest BCUT2D eigenvalue weighted by atomic mass is 15.2. The summed E-state index contributed by atoms with van der Waals surface area (Å²) in [7, 11) is 0. The van der Waals surface area contributed by atoms with Crippen molar-refractivity contribution in [3.63, 3.8) is 0 Å². The molecule has 0 saturated heterocycles. The van der Waals surface area contributed by atoms with Crippen molar-refractivity contribution >= 4 is 54.8 Å². The predicted molar refractivity (Wildman–Crippen MR) is 219 cm³/mol. The Morgan fingerprint density at radius 1 is 0.385 bits per heavy atom. The zero-order chi connectivity index (χ0) is 34.4. The summed E-state index contributed by atoms with van der Waals surface area (Å²) in [6.07, 6.45) is -0.280. The van der Waals surface area contributed by atoms with Gasteiger partial charge in [-0.1, -0.05) is 176 Å². The van der Waals surface area contributed by atoms with E-state index >= 15 is 0 Å². The highest BCUT2D eigenvalue weighted by molar-refractivity contribution is 6.26. The molecular weight excluding hydrogens is 631 g/mol. The van der Waals surface area contributed by atoms with Crippen LogP contribution in [0.15, 0.2) is 198 Å². The molecule has 244 valence electrons. The van der Waals surface area contributed by atoms with Gasteiger partial charge in [0.25, 0.3) is 0 Å². The quantitative estimate of drug-likeness (QED) is 0.183. The van der Waals surface area contributed by atoms with Gasteiger partial charge in [-0.15, -0.1) is 0 Å². The molecule has 0 amide bonds. The van der Waals surface area contributed by atoms with Gasteiger partial charge in [0.2, 0.25) is 0 Å². The second-order valence-electron chi connectivity index (χ2n) is 13.4. The molecule has 9 aromatic rings. The van der Waals surface area contributed by atoms with Gasteiger partial charge >= 0.3 is 0 Å². The molecule has 52 heavy (non-hydrogen) atoms. The number of hydrogen-bond donors (Lipinski definition) is 1. The van der Waals surface area contributed by atoms with Crippen LogP contribution in [0.3, 0.4) is 0 Å². The molecule has 10 rings (SSSR count). The van der Waals surface area contributed by atoms with Crippen LogP contribution in [0, 0.1) is 0 Å². The number of aliphatic imine (C=N–C) groups is 2. The van der Waals surface area contributed by atoms with Crippen molar-refractivity contribution in [3.8, 4) is 22.3 Å². The van der Waals surface area contributed by atoms with Gasteiger partial charge < -0.3 is 5.32 Å². The highest BCUT2D eigenvalue weighted by Gasteiger charge is 2.24. The highest BCUT2D eigenvalue weighted by Crippen LogP contribution is 2.39. The van der Waals surface area contributed by atoms with E-state index in [-0.39, 0.29) is 6.17 Å². The minimum atomic E-state index is -0.280. The van der Waals surface area contributed by atoms with Crippen LogP contribution < -0.4 is 5.32 Å². The Kier molecular flexibility index (Phi) is 7.21. The van der Waals surface area contributed by atoms with Crippen LogP contribution in [0.5, 0.6) is 0 Å². The van der Waals surface area contributed by atoms with Crippen molar-refractivity contribution in [1.82, 2.24) is 5.32 Å². The van der Waals surface area contributed by atoms with Crippen LogP contribution in [0.25, 0.3) is 65.3 Å². The van der Waals surface area contributed by atoms with Gasteiger partial charge in [-0.3, -0.25) is 0 Å². The Morgan fingerprint density at radius 3 is 1.67 bits per heavy atom. The lowest BCUT2D eigenvalue weighted by atomic mass is 9.89. The third-order valence-electron chi connectivity index (χ3n) is 10.3. The summed E-state index contributed by atoms with van der Waals surface area (Å²) in [5, 5.41) is 13.8. The average Bonchev–Trinajstić information content (AvgIpc) is 3.23. The Labute approximate surface area is 302 Å². The second-order valence-corrected chi connectivity index (χ2v) is 13.4. The van der Waals surface area contributed by atoms with Gasteiger partial charge in [-0.2, -0.15) is 0 Å². The predicted octanol–water partition coefficient (Wildman–Crippen LogP) is 12.1. The molecule has 0 spiro atoms. The van der Waals surface area contributed by atoms with E-state index in [9.17, 15) is 0 Å². The van der Waals surface area contributed by atoms with Gasteiger partial charge in [-0.05, 0) is 77.5 Å².